The Morgan fingerprint density at radius 3 is 2.64 bits per heavy atom. The number of likely N-dealkylation sites (tertiary alicyclic amines) is 1. The lowest BCUT2D eigenvalue weighted by atomic mass is 9.96. The van der Waals surface area contributed by atoms with Crippen molar-refractivity contribution in [2.24, 2.45) is 0 Å². The van der Waals surface area contributed by atoms with Gasteiger partial charge in [-0.1, -0.05) is 28.0 Å². The van der Waals surface area contributed by atoms with E-state index in [-0.39, 0.29) is 11.8 Å². The molecule has 0 saturated carbocycles. The van der Waals surface area contributed by atoms with Crippen molar-refractivity contribution >= 4 is 21.8 Å². The van der Waals surface area contributed by atoms with Gasteiger partial charge >= 0.3 is 0 Å². The molecule has 2 heterocycles. The molecular weight excluding hydrogens is 346 g/mol. The lowest BCUT2D eigenvalue weighted by molar-refractivity contribution is -0.131. The van der Waals surface area contributed by atoms with E-state index in [0.717, 1.165) is 36.0 Å². The Kier molecular flexibility index (Phi) is 4.57. The van der Waals surface area contributed by atoms with Gasteiger partial charge in [0.05, 0.1) is 0 Å². The van der Waals surface area contributed by atoms with Crippen LogP contribution in [0.3, 0.4) is 0 Å². The molecule has 22 heavy (non-hydrogen) atoms. The number of piperidine rings is 1. The van der Waals surface area contributed by atoms with Crippen LogP contribution in [0.15, 0.2) is 33.3 Å². The Labute approximate surface area is 137 Å². The predicted octanol–water partition coefficient (Wildman–Crippen LogP) is 3.62. The summed E-state index contributed by atoms with van der Waals surface area (Å²) >= 11 is 3.41. The third kappa shape index (κ3) is 3.21. The van der Waals surface area contributed by atoms with Crippen molar-refractivity contribution < 1.29 is 9.32 Å². The molecule has 2 aromatic rings. The van der Waals surface area contributed by atoms with Crippen molar-refractivity contribution in [1.82, 2.24) is 15.0 Å². The second-order valence-corrected chi connectivity index (χ2v) is 6.39. The van der Waals surface area contributed by atoms with E-state index in [2.05, 4.69) is 26.1 Å². The summed E-state index contributed by atoms with van der Waals surface area (Å²) in [6.07, 6.45) is 2.33. The largest absolute Gasteiger partial charge is 0.343 e. The van der Waals surface area contributed by atoms with Gasteiger partial charge in [0.25, 0.3) is 0 Å². The standard InChI is InChI=1S/C16H18BrN3O2/c1-2-14(21)20-9-7-12(8-10-20)16-18-15(19-22-16)11-3-5-13(17)6-4-11/h3-6,12H,2,7-10H2,1H3. The van der Waals surface area contributed by atoms with Crippen LogP contribution in [0.1, 0.15) is 38.0 Å². The molecule has 1 aromatic carbocycles. The van der Waals surface area contributed by atoms with Crippen LogP contribution in [-0.2, 0) is 4.79 Å². The first kappa shape index (κ1) is 15.2. The minimum Gasteiger partial charge on any atom is -0.343 e. The number of hydrogen-bond donors (Lipinski definition) is 0. The molecule has 1 saturated heterocycles. The maximum absolute atomic E-state index is 11.7. The maximum atomic E-state index is 11.7. The summed E-state index contributed by atoms with van der Waals surface area (Å²) in [5, 5.41) is 4.08. The summed E-state index contributed by atoms with van der Waals surface area (Å²) in [6.45, 7) is 3.44. The smallest absolute Gasteiger partial charge is 0.230 e. The van der Waals surface area contributed by atoms with E-state index in [0.29, 0.717) is 18.1 Å². The van der Waals surface area contributed by atoms with Gasteiger partial charge < -0.3 is 9.42 Å². The molecule has 0 spiro atoms. The number of benzene rings is 1. The minimum absolute atomic E-state index is 0.222. The normalized spacial score (nSPS) is 16.0. The molecule has 1 aliphatic rings. The number of rotatable bonds is 3. The zero-order valence-corrected chi connectivity index (χ0v) is 14.0. The fourth-order valence-electron chi connectivity index (χ4n) is 2.72. The molecule has 1 fully saturated rings. The van der Waals surface area contributed by atoms with Crippen molar-refractivity contribution in [2.75, 3.05) is 13.1 Å². The third-order valence-electron chi connectivity index (χ3n) is 4.04. The molecule has 0 bridgehead atoms. The van der Waals surface area contributed by atoms with Gasteiger partial charge in [0.15, 0.2) is 0 Å². The van der Waals surface area contributed by atoms with Gasteiger partial charge in [0.2, 0.25) is 17.6 Å². The number of nitrogens with zero attached hydrogens (tertiary/aromatic N) is 3. The Hall–Kier alpha value is -1.69. The highest BCUT2D eigenvalue weighted by atomic mass is 79.9. The first-order valence-corrected chi connectivity index (χ1v) is 8.34. The van der Waals surface area contributed by atoms with Crippen molar-refractivity contribution in [3.8, 4) is 11.4 Å². The lowest BCUT2D eigenvalue weighted by Gasteiger charge is -2.30. The summed E-state index contributed by atoms with van der Waals surface area (Å²) < 4.78 is 6.46. The summed E-state index contributed by atoms with van der Waals surface area (Å²) in [4.78, 5) is 18.1. The van der Waals surface area contributed by atoms with Crippen LogP contribution in [0, 0.1) is 0 Å². The van der Waals surface area contributed by atoms with Gasteiger partial charge in [-0.15, -0.1) is 0 Å². The molecule has 5 nitrogen and oxygen atoms in total. The van der Waals surface area contributed by atoms with Gasteiger partial charge in [-0.3, -0.25) is 4.79 Å². The highest BCUT2D eigenvalue weighted by Crippen LogP contribution is 2.29. The van der Waals surface area contributed by atoms with Crippen LogP contribution in [-0.4, -0.2) is 34.0 Å². The average Bonchev–Trinajstić information content (AvgIpc) is 3.05. The summed E-state index contributed by atoms with van der Waals surface area (Å²) in [7, 11) is 0. The third-order valence-corrected chi connectivity index (χ3v) is 4.57. The zero-order chi connectivity index (χ0) is 15.5. The molecule has 0 aliphatic carbocycles. The molecule has 6 heteroatoms. The Morgan fingerprint density at radius 1 is 1.32 bits per heavy atom. The Morgan fingerprint density at radius 2 is 2.00 bits per heavy atom. The van der Waals surface area contributed by atoms with E-state index in [1.54, 1.807) is 0 Å². The van der Waals surface area contributed by atoms with Crippen molar-refractivity contribution in [3.05, 3.63) is 34.6 Å². The summed E-state index contributed by atoms with van der Waals surface area (Å²) in [5.41, 5.74) is 0.941. The average molecular weight is 364 g/mol. The highest BCUT2D eigenvalue weighted by molar-refractivity contribution is 9.10. The van der Waals surface area contributed by atoms with E-state index in [4.69, 9.17) is 4.52 Å². The van der Waals surface area contributed by atoms with Gasteiger partial charge in [0, 0.05) is 35.5 Å². The van der Waals surface area contributed by atoms with E-state index in [9.17, 15) is 4.79 Å². The molecule has 0 N–H and O–H groups in total. The van der Waals surface area contributed by atoms with Crippen LogP contribution in [0.2, 0.25) is 0 Å². The van der Waals surface area contributed by atoms with E-state index >= 15 is 0 Å². The van der Waals surface area contributed by atoms with E-state index < -0.39 is 0 Å². The molecule has 0 radical (unpaired) electrons. The van der Waals surface area contributed by atoms with Crippen LogP contribution in [0.4, 0.5) is 0 Å². The summed E-state index contributed by atoms with van der Waals surface area (Å²) in [5.74, 6) is 1.77. The number of halogens is 1. The van der Waals surface area contributed by atoms with Crippen LogP contribution in [0.25, 0.3) is 11.4 Å². The number of carbonyl (C=O) groups is 1. The van der Waals surface area contributed by atoms with Crippen molar-refractivity contribution in [2.45, 2.75) is 32.1 Å². The number of amides is 1. The fraction of sp³-hybridized carbons (Fsp3) is 0.438. The first-order chi connectivity index (χ1) is 10.7. The molecule has 3 rings (SSSR count). The van der Waals surface area contributed by atoms with Gasteiger partial charge in [-0.05, 0) is 37.1 Å². The van der Waals surface area contributed by atoms with E-state index in [1.807, 2.05) is 36.1 Å². The summed E-state index contributed by atoms with van der Waals surface area (Å²) in [6, 6.07) is 7.84. The van der Waals surface area contributed by atoms with Gasteiger partial charge in [-0.25, -0.2) is 0 Å². The quantitative estimate of drug-likeness (QED) is 0.835. The van der Waals surface area contributed by atoms with Gasteiger partial charge in [-0.2, -0.15) is 4.98 Å². The van der Waals surface area contributed by atoms with Crippen LogP contribution < -0.4 is 0 Å². The lowest BCUT2D eigenvalue weighted by Crippen LogP contribution is -2.37. The molecular formula is C16H18BrN3O2. The van der Waals surface area contributed by atoms with Crippen molar-refractivity contribution in [3.63, 3.8) is 0 Å². The van der Waals surface area contributed by atoms with E-state index in [1.165, 1.54) is 0 Å². The number of aromatic nitrogens is 2. The second kappa shape index (κ2) is 6.60. The van der Waals surface area contributed by atoms with Crippen molar-refractivity contribution in [1.29, 1.82) is 0 Å². The Balaban J connectivity index is 1.67. The topological polar surface area (TPSA) is 59.2 Å². The first-order valence-electron chi connectivity index (χ1n) is 7.54. The highest BCUT2D eigenvalue weighted by Gasteiger charge is 2.27. The molecule has 0 atom stereocenters. The molecule has 0 unspecified atom stereocenters. The molecule has 116 valence electrons. The zero-order valence-electron chi connectivity index (χ0n) is 12.5. The second-order valence-electron chi connectivity index (χ2n) is 5.47. The Bertz CT molecular complexity index is 646. The predicted molar refractivity (Wildman–Crippen MR) is 86.3 cm³/mol. The SMILES string of the molecule is CCC(=O)N1CCC(c2nc(-c3ccc(Br)cc3)no2)CC1. The molecule has 1 aliphatic heterocycles. The molecule has 1 aromatic heterocycles. The number of carbonyl (C=O) groups excluding carboxylic acids is 1. The minimum atomic E-state index is 0.222. The maximum Gasteiger partial charge on any atom is 0.230 e. The number of hydrogen-bond acceptors (Lipinski definition) is 4. The molecule has 1 amide bonds. The van der Waals surface area contributed by atoms with Gasteiger partial charge in [0.1, 0.15) is 0 Å². The fourth-order valence-corrected chi connectivity index (χ4v) is 2.98. The monoisotopic (exact) mass is 363 g/mol. The van der Waals surface area contributed by atoms with Crippen LogP contribution in [0.5, 0.6) is 0 Å². The van der Waals surface area contributed by atoms with Crippen LogP contribution >= 0.6 is 15.9 Å².